The molecule has 2 aromatic carbocycles. The molecule has 1 amide bonds. The average molecular weight is 338 g/mol. The third-order valence-electron chi connectivity index (χ3n) is 4.98. The molecular weight excluding hydrogens is 312 g/mol. The number of aliphatic hydroxyl groups excluding tert-OH is 1. The summed E-state index contributed by atoms with van der Waals surface area (Å²) in [6.07, 6.45) is 1.24. The van der Waals surface area contributed by atoms with E-state index >= 15 is 0 Å². The van der Waals surface area contributed by atoms with Crippen LogP contribution in [0.25, 0.3) is 0 Å². The predicted molar refractivity (Wildman–Crippen MR) is 99.1 cm³/mol. The highest BCUT2D eigenvalue weighted by Gasteiger charge is 2.27. The lowest BCUT2D eigenvalue weighted by Gasteiger charge is -2.34. The Morgan fingerprint density at radius 1 is 1.00 bits per heavy atom. The normalized spacial score (nSPS) is 17.4. The fraction of sp³-hybridized carbons (Fsp3) is 0.381. The van der Waals surface area contributed by atoms with Gasteiger partial charge in [-0.05, 0) is 30.9 Å². The summed E-state index contributed by atoms with van der Waals surface area (Å²) in [5.41, 5.74) is 2.15. The van der Waals surface area contributed by atoms with Crippen molar-refractivity contribution in [1.29, 1.82) is 0 Å². The largest absolute Gasteiger partial charge is 0.393 e. The van der Waals surface area contributed by atoms with Crippen molar-refractivity contribution in [3.8, 4) is 0 Å². The number of amides is 1. The van der Waals surface area contributed by atoms with Crippen molar-refractivity contribution in [3.63, 3.8) is 0 Å². The second kappa shape index (κ2) is 8.28. The first-order valence-corrected chi connectivity index (χ1v) is 8.97. The minimum absolute atomic E-state index is 0.0223. The maximum Gasteiger partial charge on any atom is 0.237 e. The first kappa shape index (κ1) is 17.6. The van der Waals surface area contributed by atoms with E-state index in [1.165, 1.54) is 0 Å². The smallest absolute Gasteiger partial charge is 0.237 e. The molecule has 0 radical (unpaired) electrons. The Morgan fingerprint density at radius 2 is 1.48 bits per heavy atom. The number of aliphatic hydroxyl groups is 1. The van der Waals surface area contributed by atoms with Crippen molar-refractivity contribution in [3.05, 3.63) is 71.8 Å². The molecular formula is C21H26N2O2. The van der Waals surface area contributed by atoms with Crippen molar-refractivity contribution in [2.45, 2.75) is 38.0 Å². The molecule has 1 aliphatic rings. The third kappa shape index (κ3) is 4.47. The predicted octanol–water partition coefficient (Wildman–Crippen LogP) is 2.74. The molecule has 0 aromatic heterocycles. The van der Waals surface area contributed by atoms with Gasteiger partial charge in [0.15, 0.2) is 0 Å². The zero-order chi connectivity index (χ0) is 17.6. The topological polar surface area (TPSA) is 52.6 Å². The van der Waals surface area contributed by atoms with E-state index in [0.29, 0.717) is 0 Å². The van der Waals surface area contributed by atoms with Crippen molar-refractivity contribution in [2.24, 2.45) is 0 Å². The average Bonchev–Trinajstić information content (AvgIpc) is 2.67. The molecule has 1 heterocycles. The van der Waals surface area contributed by atoms with Gasteiger partial charge in [-0.25, -0.2) is 0 Å². The van der Waals surface area contributed by atoms with Gasteiger partial charge in [0.05, 0.1) is 18.2 Å². The molecule has 25 heavy (non-hydrogen) atoms. The van der Waals surface area contributed by atoms with Crippen molar-refractivity contribution in [2.75, 3.05) is 13.1 Å². The Bertz CT molecular complexity index is 627. The van der Waals surface area contributed by atoms with Gasteiger partial charge in [-0.15, -0.1) is 0 Å². The van der Waals surface area contributed by atoms with Gasteiger partial charge in [-0.1, -0.05) is 60.7 Å². The van der Waals surface area contributed by atoms with Crippen LogP contribution in [0.5, 0.6) is 0 Å². The first-order valence-electron chi connectivity index (χ1n) is 8.97. The molecule has 4 heteroatoms. The van der Waals surface area contributed by atoms with Gasteiger partial charge < -0.3 is 10.4 Å². The molecule has 2 aromatic rings. The van der Waals surface area contributed by atoms with E-state index < -0.39 is 0 Å². The number of rotatable bonds is 5. The summed E-state index contributed by atoms with van der Waals surface area (Å²) in [5.74, 6) is 0.0223. The highest BCUT2D eigenvalue weighted by molar-refractivity contribution is 5.82. The molecule has 3 rings (SSSR count). The van der Waals surface area contributed by atoms with E-state index in [2.05, 4.69) is 10.2 Å². The quantitative estimate of drug-likeness (QED) is 0.881. The molecule has 0 saturated carbocycles. The Balaban J connectivity index is 1.75. The zero-order valence-corrected chi connectivity index (χ0v) is 14.6. The lowest BCUT2D eigenvalue weighted by atomic mass is 9.98. The summed E-state index contributed by atoms with van der Waals surface area (Å²) in [6.45, 7) is 3.47. The first-order chi connectivity index (χ1) is 12.1. The summed E-state index contributed by atoms with van der Waals surface area (Å²) < 4.78 is 0. The van der Waals surface area contributed by atoms with Gasteiger partial charge in [0, 0.05) is 13.1 Å². The molecule has 0 spiro atoms. The SMILES string of the molecule is C[C@H](C(=O)NC(c1ccccc1)c1ccccc1)N1CCC(O)CC1. The van der Waals surface area contributed by atoms with E-state index in [0.717, 1.165) is 37.1 Å². The standard InChI is InChI=1S/C21H26N2O2/c1-16(23-14-12-19(24)13-15-23)21(25)22-20(17-8-4-2-5-9-17)18-10-6-3-7-11-18/h2-11,16,19-20,24H,12-15H2,1H3,(H,22,25)/t16-/m1/s1. The van der Waals surface area contributed by atoms with E-state index in [9.17, 15) is 9.90 Å². The van der Waals surface area contributed by atoms with Crippen LogP contribution in [0.4, 0.5) is 0 Å². The van der Waals surface area contributed by atoms with Crippen molar-refractivity contribution >= 4 is 5.91 Å². The van der Waals surface area contributed by atoms with Crippen LogP contribution < -0.4 is 5.32 Å². The highest BCUT2D eigenvalue weighted by Crippen LogP contribution is 2.22. The lowest BCUT2D eigenvalue weighted by molar-refractivity contribution is -0.127. The van der Waals surface area contributed by atoms with Crippen LogP contribution in [0.3, 0.4) is 0 Å². The van der Waals surface area contributed by atoms with Gasteiger partial charge in [0.2, 0.25) is 5.91 Å². The highest BCUT2D eigenvalue weighted by atomic mass is 16.3. The Kier molecular flexibility index (Phi) is 5.84. The molecule has 4 nitrogen and oxygen atoms in total. The summed E-state index contributed by atoms with van der Waals surface area (Å²) in [7, 11) is 0. The Labute approximate surface area is 149 Å². The Morgan fingerprint density at radius 3 is 1.96 bits per heavy atom. The third-order valence-corrected chi connectivity index (χ3v) is 4.98. The van der Waals surface area contributed by atoms with Crippen LogP contribution in [0.1, 0.15) is 36.9 Å². The number of carbonyl (C=O) groups excluding carboxylic acids is 1. The summed E-state index contributed by atoms with van der Waals surface area (Å²) in [5, 5.41) is 12.9. The van der Waals surface area contributed by atoms with Crippen LogP contribution in [0.2, 0.25) is 0 Å². The van der Waals surface area contributed by atoms with Gasteiger partial charge in [-0.2, -0.15) is 0 Å². The van der Waals surface area contributed by atoms with Crippen LogP contribution >= 0.6 is 0 Å². The number of nitrogens with zero attached hydrogens (tertiary/aromatic N) is 1. The Hall–Kier alpha value is -2.17. The maximum atomic E-state index is 12.9. The van der Waals surface area contributed by atoms with Gasteiger partial charge >= 0.3 is 0 Å². The van der Waals surface area contributed by atoms with Gasteiger partial charge in [0.1, 0.15) is 0 Å². The fourth-order valence-electron chi connectivity index (χ4n) is 3.35. The molecule has 0 unspecified atom stereocenters. The number of hydrogen-bond donors (Lipinski definition) is 2. The minimum Gasteiger partial charge on any atom is -0.393 e. The molecule has 1 atom stereocenters. The maximum absolute atomic E-state index is 12.9. The van der Waals surface area contributed by atoms with E-state index in [4.69, 9.17) is 0 Å². The molecule has 0 aliphatic carbocycles. The number of piperidine rings is 1. The van der Waals surface area contributed by atoms with Crippen LogP contribution in [0, 0.1) is 0 Å². The summed E-state index contributed by atoms with van der Waals surface area (Å²) in [6, 6.07) is 19.7. The van der Waals surface area contributed by atoms with E-state index in [1.54, 1.807) is 0 Å². The molecule has 0 bridgehead atoms. The zero-order valence-electron chi connectivity index (χ0n) is 14.6. The van der Waals surface area contributed by atoms with E-state index in [1.807, 2.05) is 67.6 Å². The summed E-state index contributed by atoms with van der Waals surface area (Å²) >= 11 is 0. The second-order valence-electron chi connectivity index (χ2n) is 6.71. The number of carbonyl (C=O) groups is 1. The molecule has 1 aliphatic heterocycles. The van der Waals surface area contributed by atoms with Gasteiger partial charge in [-0.3, -0.25) is 9.69 Å². The van der Waals surface area contributed by atoms with Crippen LogP contribution in [-0.4, -0.2) is 41.1 Å². The molecule has 1 saturated heterocycles. The fourth-order valence-corrected chi connectivity index (χ4v) is 3.35. The van der Waals surface area contributed by atoms with Crippen molar-refractivity contribution in [1.82, 2.24) is 10.2 Å². The van der Waals surface area contributed by atoms with Crippen LogP contribution in [0.15, 0.2) is 60.7 Å². The summed E-state index contributed by atoms with van der Waals surface area (Å²) in [4.78, 5) is 15.0. The minimum atomic E-state index is -0.229. The molecule has 1 fully saturated rings. The number of likely N-dealkylation sites (tertiary alicyclic amines) is 1. The lowest BCUT2D eigenvalue weighted by Crippen LogP contribution is -2.49. The van der Waals surface area contributed by atoms with Crippen LogP contribution in [-0.2, 0) is 4.79 Å². The van der Waals surface area contributed by atoms with E-state index in [-0.39, 0.29) is 24.1 Å². The number of benzene rings is 2. The number of hydrogen-bond acceptors (Lipinski definition) is 3. The molecule has 2 N–H and O–H groups in total. The number of nitrogens with one attached hydrogen (secondary N) is 1. The monoisotopic (exact) mass is 338 g/mol. The van der Waals surface area contributed by atoms with Crippen molar-refractivity contribution < 1.29 is 9.90 Å². The molecule has 132 valence electrons. The van der Waals surface area contributed by atoms with Gasteiger partial charge in [0.25, 0.3) is 0 Å². The second-order valence-corrected chi connectivity index (χ2v) is 6.71.